The van der Waals surface area contributed by atoms with Crippen molar-refractivity contribution in [1.82, 2.24) is 5.32 Å². The Balaban J connectivity index is 1.83. The molecule has 1 amide bonds. The van der Waals surface area contributed by atoms with E-state index in [-0.39, 0.29) is 11.5 Å². The highest BCUT2D eigenvalue weighted by atomic mass is 32.1. The van der Waals surface area contributed by atoms with Gasteiger partial charge < -0.3 is 10.4 Å². The molecule has 0 aliphatic carbocycles. The number of hydrogen-bond donors (Lipinski definition) is 2. The van der Waals surface area contributed by atoms with E-state index in [9.17, 15) is 14.7 Å². The molecule has 0 unspecified atom stereocenters. The number of aromatic carboxylic acids is 1. The van der Waals surface area contributed by atoms with Crippen LogP contribution in [0.4, 0.5) is 0 Å². The highest BCUT2D eigenvalue weighted by Gasteiger charge is 2.11. The molecule has 0 bridgehead atoms. The number of carboxylic acid groups (broad SMARTS) is 1. The Labute approximate surface area is 149 Å². The number of benzene rings is 2. The third-order valence-electron chi connectivity index (χ3n) is 3.83. The summed E-state index contributed by atoms with van der Waals surface area (Å²) in [6, 6.07) is 16.3. The van der Waals surface area contributed by atoms with Crippen molar-refractivity contribution in [1.29, 1.82) is 0 Å². The van der Waals surface area contributed by atoms with E-state index in [2.05, 4.69) is 5.32 Å². The molecule has 3 rings (SSSR count). The fourth-order valence-electron chi connectivity index (χ4n) is 2.59. The zero-order chi connectivity index (χ0) is 17.8. The molecule has 1 heterocycles. The molecular formula is C20H17NO3S. The Hall–Kier alpha value is -2.92. The summed E-state index contributed by atoms with van der Waals surface area (Å²) in [6.45, 7) is 2.33. The van der Waals surface area contributed by atoms with E-state index in [1.165, 1.54) is 11.3 Å². The monoisotopic (exact) mass is 351 g/mol. The number of amides is 1. The van der Waals surface area contributed by atoms with Crippen molar-refractivity contribution in [3.8, 4) is 11.1 Å². The summed E-state index contributed by atoms with van der Waals surface area (Å²) in [4.78, 5) is 24.1. The Bertz CT molecular complexity index is 930. The highest BCUT2D eigenvalue weighted by Crippen LogP contribution is 2.25. The number of nitrogens with one attached hydrogen (secondary N) is 1. The van der Waals surface area contributed by atoms with Gasteiger partial charge in [0.25, 0.3) is 5.91 Å². The molecule has 0 spiro atoms. The molecular weight excluding hydrogens is 334 g/mol. The number of aryl methyl sites for hydroxylation is 1. The van der Waals surface area contributed by atoms with E-state index in [0.717, 1.165) is 22.3 Å². The lowest BCUT2D eigenvalue weighted by molar-refractivity contribution is 0.0696. The number of rotatable bonds is 5. The van der Waals surface area contributed by atoms with Gasteiger partial charge in [-0.1, -0.05) is 36.4 Å². The molecule has 0 fully saturated rings. The van der Waals surface area contributed by atoms with Gasteiger partial charge >= 0.3 is 5.97 Å². The first-order chi connectivity index (χ1) is 12.0. The van der Waals surface area contributed by atoms with Gasteiger partial charge in [-0.25, -0.2) is 4.79 Å². The third-order valence-corrected chi connectivity index (χ3v) is 4.88. The van der Waals surface area contributed by atoms with Crippen LogP contribution in [-0.4, -0.2) is 17.0 Å². The van der Waals surface area contributed by atoms with Gasteiger partial charge in [-0.05, 0) is 52.8 Å². The minimum atomic E-state index is -0.958. The molecule has 2 N–H and O–H groups in total. The zero-order valence-electron chi connectivity index (χ0n) is 13.7. The van der Waals surface area contributed by atoms with Gasteiger partial charge in [-0.2, -0.15) is 0 Å². The minimum Gasteiger partial charge on any atom is -0.478 e. The Morgan fingerprint density at radius 1 is 1.08 bits per heavy atom. The van der Waals surface area contributed by atoms with E-state index in [0.29, 0.717) is 11.4 Å². The minimum absolute atomic E-state index is 0.104. The number of carbonyl (C=O) groups excluding carboxylic acids is 1. The molecule has 0 radical (unpaired) electrons. The second kappa shape index (κ2) is 7.32. The van der Waals surface area contributed by atoms with Crippen molar-refractivity contribution in [2.45, 2.75) is 13.5 Å². The van der Waals surface area contributed by atoms with Crippen molar-refractivity contribution >= 4 is 23.2 Å². The molecule has 0 saturated heterocycles. The first-order valence-corrected chi connectivity index (χ1v) is 8.67. The molecule has 5 heteroatoms. The zero-order valence-corrected chi connectivity index (χ0v) is 14.5. The van der Waals surface area contributed by atoms with Crippen LogP contribution in [0.1, 0.15) is 31.2 Å². The molecule has 0 aliphatic rings. The van der Waals surface area contributed by atoms with Gasteiger partial charge in [0.15, 0.2) is 0 Å². The quantitative estimate of drug-likeness (QED) is 0.718. The number of carboxylic acids is 1. The summed E-state index contributed by atoms with van der Waals surface area (Å²) in [7, 11) is 0. The van der Waals surface area contributed by atoms with E-state index in [1.807, 2.05) is 48.7 Å². The maximum Gasteiger partial charge on any atom is 0.335 e. The van der Waals surface area contributed by atoms with Gasteiger partial charge in [0.2, 0.25) is 0 Å². The summed E-state index contributed by atoms with van der Waals surface area (Å²) < 4.78 is 0. The van der Waals surface area contributed by atoms with Crippen LogP contribution in [0.3, 0.4) is 0 Å². The van der Waals surface area contributed by atoms with Crippen LogP contribution < -0.4 is 5.32 Å². The Morgan fingerprint density at radius 3 is 2.60 bits per heavy atom. The molecule has 25 heavy (non-hydrogen) atoms. The lowest BCUT2D eigenvalue weighted by Gasteiger charge is -2.11. The summed E-state index contributed by atoms with van der Waals surface area (Å²) in [5.41, 5.74) is 3.98. The van der Waals surface area contributed by atoms with Gasteiger partial charge in [-0.15, -0.1) is 11.3 Å². The average Bonchev–Trinajstić information content (AvgIpc) is 3.06. The largest absolute Gasteiger partial charge is 0.478 e. The molecule has 2 aromatic carbocycles. The van der Waals surface area contributed by atoms with Crippen molar-refractivity contribution in [2.75, 3.05) is 0 Å². The first-order valence-electron chi connectivity index (χ1n) is 7.79. The normalized spacial score (nSPS) is 10.4. The van der Waals surface area contributed by atoms with E-state index in [4.69, 9.17) is 0 Å². The summed E-state index contributed by atoms with van der Waals surface area (Å²) >= 11 is 1.42. The van der Waals surface area contributed by atoms with Crippen molar-refractivity contribution in [2.24, 2.45) is 0 Å². The lowest BCUT2D eigenvalue weighted by Crippen LogP contribution is -2.22. The van der Waals surface area contributed by atoms with Gasteiger partial charge in [-0.3, -0.25) is 4.79 Å². The van der Waals surface area contributed by atoms with E-state index in [1.54, 1.807) is 18.2 Å². The number of thiophene rings is 1. The predicted molar refractivity (Wildman–Crippen MR) is 99.1 cm³/mol. The van der Waals surface area contributed by atoms with Crippen molar-refractivity contribution in [3.63, 3.8) is 0 Å². The molecule has 0 saturated carbocycles. The second-order valence-corrected chi connectivity index (χ2v) is 6.63. The lowest BCUT2D eigenvalue weighted by atomic mass is 9.98. The van der Waals surface area contributed by atoms with Crippen LogP contribution in [0.5, 0.6) is 0 Å². The summed E-state index contributed by atoms with van der Waals surface area (Å²) in [5.74, 6) is -1.06. The molecule has 3 aromatic rings. The third kappa shape index (κ3) is 3.95. The molecule has 1 aromatic heterocycles. The second-order valence-electron chi connectivity index (χ2n) is 5.71. The molecule has 0 atom stereocenters. The van der Waals surface area contributed by atoms with Crippen LogP contribution in [0.2, 0.25) is 0 Å². The molecule has 126 valence electrons. The first kappa shape index (κ1) is 16.9. The van der Waals surface area contributed by atoms with Crippen molar-refractivity contribution in [3.05, 3.63) is 81.5 Å². The Morgan fingerprint density at radius 2 is 1.88 bits per heavy atom. The maximum atomic E-state index is 12.2. The topological polar surface area (TPSA) is 66.4 Å². The smallest absolute Gasteiger partial charge is 0.335 e. The predicted octanol–water partition coefficient (Wildman–Crippen LogP) is 4.35. The maximum absolute atomic E-state index is 12.2. The van der Waals surface area contributed by atoms with Crippen LogP contribution in [-0.2, 0) is 6.54 Å². The number of carbonyl (C=O) groups is 2. The standard InChI is InChI=1S/C20H17NO3S/c1-13-9-18(25-12-13)19(22)21-11-16-5-2-3-8-17(16)14-6-4-7-15(10-14)20(23)24/h2-10,12H,11H2,1H3,(H,21,22)(H,23,24). The van der Waals surface area contributed by atoms with Gasteiger partial charge in [0.1, 0.15) is 0 Å². The van der Waals surface area contributed by atoms with Gasteiger partial charge in [0, 0.05) is 6.54 Å². The highest BCUT2D eigenvalue weighted by molar-refractivity contribution is 7.12. The molecule has 0 aliphatic heterocycles. The summed E-state index contributed by atoms with van der Waals surface area (Å²) in [5, 5.41) is 14.0. The SMILES string of the molecule is Cc1csc(C(=O)NCc2ccccc2-c2cccc(C(=O)O)c2)c1. The van der Waals surface area contributed by atoms with E-state index >= 15 is 0 Å². The van der Waals surface area contributed by atoms with Crippen LogP contribution in [0.25, 0.3) is 11.1 Å². The van der Waals surface area contributed by atoms with Crippen LogP contribution in [0, 0.1) is 6.92 Å². The molecule has 4 nitrogen and oxygen atoms in total. The fourth-order valence-corrected chi connectivity index (χ4v) is 3.40. The van der Waals surface area contributed by atoms with E-state index < -0.39 is 5.97 Å². The average molecular weight is 351 g/mol. The van der Waals surface area contributed by atoms with Crippen LogP contribution in [0.15, 0.2) is 60.0 Å². The summed E-state index contributed by atoms with van der Waals surface area (Å²) in [6.07, 6.45) is 0. The van der Waals surface area contributed by atoms with Crippen LogP contribution >= 0.6 is 11.3 Å². The number of hydrogen-bond acceptors (Lipinski definition) is 3. The fraction of sp³-hybridized carbons (Fsp3) is 0.100. The Kier molecular flexibility index (Phi) is 4.95. The van der Waals surface area contributed by atoms with Crippen molar-refractivity contribution < 1.29 is 14.7 Å². The van der Waals surface area contributed by atoms with Gasteiger partial charge in [0.05, 0.1) is 10.4 Å².